The van der Waals surface area contributed by atoms with Gasteiger partial charge in [-0.3, -0.25) is 4.90 Å². The molecule has 1 aromatic heterocycles. The Morgan fingerprint density at radius 2 is 1.88 bits per heavy atom. The number of furan rings is 1. The number of fused-ring (bicyclic) bond motifs is 4. The zero-order valence-electron chi connectivity index (χ0n) is 22.5. The Balaban J connectivity index is 1.25. The molecule has 1 saturated heterocycles. The molecule has 202 valence electrons. The van der Waals surface area contributed by atoms with E-state index < -0.39 is 11.0 Å². The van der Waals surface area contributed by atoms with E-state index in [1.807, 2.05) is 18.2 Å². The maximum atomic E-state index is 11.1. The van der Waals surface area contributed by atoms with Crippen molar-refractivity contribution in [1.29, 1.82) is 0 Å². The summed E-state index contributed by atoms with van der Waals surface area (Å²) < 4.78 is 20.8. The van der Waals surface area contributed by atoms with Crippen LogP contribution in [0.4, 0.5) is 0 Å². The predicted octanol–water partition coefficient (Wildman–Crippen LogP) is 6.58. The van der Waals surface area contributed by atoms with Crippen molar-refractivity contribution >= 4 is 17.0 Å². The predicted molar refractivity (Wildman–Crippen MR) is 154 cm³/mol. The fraction of sp³-hybridized carbons (Fsp3) is 0.371. The van der Waals surface area contributed by atoms with Gasteiger partial charge in [-0.1, -0.05) is 66.7 Å². The summed E-state index contributed by atoms with van der Waals surface area (Å²) in [5.41, 5.74) is 4.82. The van der Waals surface area contributed by atoms with E-state index in [1.54, 1.807) is 0 Å². The quantitative estimate of drug-likeness (QED) is 0.305. The SMILES string of the molecule is Oc1ccc2c3c1O[C@H]1c4oc5ccccc5c4C[C@@]4(OC/C=C/c5ccccc5)[C@H](C2)N(CC2CC2)CC[C@]314. The van der Waals surface area contributed by atoms with Gasteiger partial charge in [-0.25, -0.2) is 0 Å². The standard InChI is InChI=1S/C35H33NO4/c37-27-15-14-24-19-29-35(38-18-6-9-22-7-2-1-3-8-22)20-26-25-10-4-5-11-28(25)39-31(26)33-34(35,30(24)32(27)40-33)16-17-36(29)21-23-12-13-23/h1-11,14-15,23,29,33,37H,12-13,16-21H2/b9-6+/t29-,33-,34-,35+/m0/s1. The van der Waals surface area contributed by atoms with E-state index >= 15 is 0 Å². The molecule has 0 unspecified atom stereocenters. The number of benzene rings is 3. The van der Waals surface area contributed by atoms with Gasteiger partial charge >= 0.3 is 0 Å². The first-order valence-corrected chi connectivity index (χ1v) is 14.8. The van der Waals surface area contributed by atoms with Crippen molar-refractivity contribution in [3.8, 4) is 11.5 Å². The van der Waals surface area contributed by atoms with E-state index in [4.69, 9.17) is 13.9 Å². The summed E-state index contributed by atoms with van der Waals surface area (Å²) >= 11 is 0. The van der Waals surface area contributed by atoms with Gasteiger partial charge < -0.3 is 19.0 Å². The second kappa shape index (κ2) is 8.25. The smallest absolute Gasteiger partial charge is 0.169 e. The van der Waals surface area contributed by atoms with Gasteiger partial charge in [0, 0.05) is 35.5 Å². The van der Waals surface area contributed by atoms with Gasteiger partial charge in [0.2, 0.25) is 0 Å². The normalized spacial score (nSPS) is 29.9. The zero-order chi connectivity index (χ0) is 26.5. The number of hydrogen-bond acceptors (Lipinski definition) is 5. The summed E-state index contributed by atoms with van der Waals surface area (Å²) in [5, 5.41) is 12.2. The minimum absolute atomic E-state index is 0.219. The van der Waals surface area contributed by atoms with Crippen LogP contribution in [-0.4, -0.2) is 41.3 Å². The maximum Gasteiger partial charge on any atom is 0.169 e. The number of piperidine rings is 1. The van der Waals surface area contributed by atoms with E-state index in [2.05, 4.69) is 65.6 Å². The Morgan fingerprint density at radius 3 is 2.75 bits per heavy atom. The molecule has 4 aromatic rings. The summed E-state index contributed by atoms with van der Waals surface area (Å²) in [4.78, 5) is 2.74. The van der Waals surface area contributed by atoms with Gasteiger partial charge in [-0.05, 0) is 61.4 Å². The molecule has 40 heavy (non-hydrogen) atoms. The Labute approximate surface area is 234 Å². The molecule has 9 rings (SSSR count). The van der Waals surface area contributed by atoms with Crippen LogP contribution in [0.5, 0.6) is 11.5 Å². The largest absolute Gasteiger partial charge is 0.504 e. The highest BCUT2D eigenvalue weighted by Crippen LogP contribution is 2.70. The molecule has 0 amide bonds. The van der Waals surface area contributed by atoms with Crippen LogP contribution >= 0.6 is 0 Å². The summed E-state index contributed by atoms with van der Waals surface area (Å²) in [6, 6.07) is 22.9. The second-order valence-electron chi connectivity index (χ2n) is 12.5. The number of nitrogens with zero attached hydrogens (tertiary/aromatic N) is 1. The monoisotopic (exact) mass is 531 g/mol. The maximum absolute atomic E-state index is 11.1. The molecule has 0 radical (unpaired) electrons. The lowest BCUT2D eigenvalue weighted by Crippen LogP contribution is -2.75. The van der Waals surface area contributed by atoms with E-state index in [1.165, 1.54) is 29.5 Å². The highest BCUT2D eigenvalue weighted by atomic mass is 16.5. The molecule has 5 nitrogen and oxygen atoms in total. The van der Waals surface area contributed by atoms with Crippen LogP contribution in [0.25, 0.3) is 17.0 Å². The Hall–Kier alpha value is -3.54. The van der Waals surface area contributed by atoms with Crippen molar-refractivity contribution in [3.05, 3.63) is 101 Å². The molecular formula is C35H33NO4. The number of likely N-dealkylation sites (tertiary alicyclic amines) is 1. The van der Waals surface area contributed by atoms with Gasteiger partial charge in [0.15, 0.2) is 17.6 Å². The lowest BCUT2D eigenvalue weighted by atomic mass is 9.49. The van der Waals surface area contributed by atoms with Crippen molar-refractivity contribution in [3.63, 3.8) is 0 Å². The number of para-hydroxylation sites is 1. The first kappa shape index (κ1) is 23.2. The van der Waals surface area contributed by atoms with Crippen LogP contribution in [-0.2, 0) is 23.0 Å². The molecule has 5 heteroatoms. The topological polar surface area (TPSA) is 55.1 Å². The Morgan fingerprint density at radius 1 is 1.02 bits per heavy atom. The zero-order valence-corrected chi connectivity index (χ0v) is 22.5. The molecule has 3 aromatic carbocycles. The van der Waals surface area contributed by atoms with Crippen molar-refractivity contribution in [2.45, 2.75) is 55.3 Å². The number of aromatic hydroxyl groups is 1. The molecule has 3 heterocycles. The first-order chi connectivity index (χ1) is 19.7. The number of rotatable bonds is 6. The Bertz CT molecular complexity index is 1670. The van der Waals surface area contributed by atoms with E-state index in [0.29, 0.717) is 12.4 Å². The molecule has 2 bridgehead atoms. The van der Waals surface area contributed by atoms with Crippen LogP contribution < -0.4 is 4.74 Å². The van der Waals surface area contributed by atoms with Crippen LogP contribution in [0.3, 0.4) is 0 Å². The average Bonchev–Trinajstić information content (AvgIpc) is 3.62. The summed E-state index contributed by atoms with van der Waals surface area (Å²) in [5.74, 6) is 2.57. The van der Waals surface area contributed by atoms with Crippen molar-refractivity contribution in [1.82, 2.24) is 4.90 Å². The molecule has 2 fully saturated rings. The molecular weight excluding hydrogens is 498 g/mol. The highest BCUT2D eigenvalue weighted by Gasteiger charge is 2.74. The minimum Gasteiger partial charge on any atom is -0.504 e. The third-order valence-corrected chi connectivity index (χ3v) is 10.4. The molecule has 1 N–H and O–H groups in total. The van der Waals surface area contributed by atoms with Gasteiger partial charge in [0.25, 0.3) is 0 Å². The molecule has 1 spiro atoms. The van der Waals surface area contributed by atoms with Crippen LogP contribution in [0.2, 0.25) is 0 Å². The molecule has 4 atom stereocenters. The second-order valence-corrected chi connectivity index (χ2v) is 12.5. The van der Waals surface area contributed by atoms with Gasteiger partial charge in [-0.2, -0.15) is 0 Å². The van der Waals surface area contributed by atoms with Crippen LogP contribution in [0, 0.1) is 5.92 Å². The molecule has 1 saturated carbocycles. The molecule has 2 aliphatic heterocycles. The van der Waals surface area contributed by atoms with Crippen molar-refractivity contribution < 1.29 is 19.0 Å². The van der Waals surface area contributed by atoms with Crippen molar-refractivity contribution in [2.24, 2.45) is 5.92 Å². The summed E-state index contributed by atoms with van der Waals surface area (Å²) in [6.07, 6.45) is 9.26. The highest BCUT2D eigenvalue weighted by molar-refractivity contribution is 5.84. The van der Waals surface area contributed by atoms with E-state index in [-0.39, 0.29) is 17.9 Å². The number of phenolic OH excluding ortho intramolecular Hbond substituents is 1. The number of phenols is 1. The van der Waals surface area contributed by atoms with Gasteiger partial charge in [-0.15, -0.1) is 0 Å². The number of ether oxygens (including phenoxy) is 2. The van der Waals surface area contributed by atoms with E-state index in [0.717, 1.165) is 60.6 Å². The molecule has 5 aliphatic rings. The third-order valence-electron chi connectivity index (χ3n) is 10.4. The van der Waals surface area contributed by atoms with Crippen LogP contribution in [0.1, 0.15) is 53.4 Å². The fourth-order valence-corrected chi connectivity index (χ4v) is 8.61. The summed E-state index contributed by atoms with van der Waals surface area (Å²) in [7, 11) is 0. The van der Waals surface area contributed by atoms with Crippen LogP contribution in [0.15, 0.2) is 77.2 Å². The first-order valence-electron chi connectivity index (χ1n) is 14.8. The third kappa shape index (κ3) is 3.00. The Kier molecular flexibility index (Phi) is 4.78. The summed E-state index contributed by atoms with van der Waals surface area (Å²) in [6.45, 7) is 2.67. The van der Waals surface area contributed by atoms with E-state index in [9.17, 15) is 5.11 Å². The lowest BCUT2D eigenvalue weighted by molar-refractivity contribution is -0.201. The molecule has 3 aliphatic carbocycles. The van der Waals surface area contributed by atoms with Crippen molar-refractivity contribution in [2.75, 3.05) is 19.7 Å². The number of hydrogen-bond donors (Lipinski definition) is 1. The van der Waals surface area contributed by atoms with Gasteiger partial charge in [0.05, 0.1) is 12.0 Å². The lowest BCUT2D eigenvalue weighted by Gasteiger charge is -2.64. The minimum atomic E-state index is -0.502. The fourth-order valence-electron chi connectivity index (χ4n) is 8.61. The average molecular weight is 532 g/mol. The van der Waals surface area contributed by atoms with Gasteiger partial charge in [0.1, 0.15) is 16.9 Å².